The number of aryl methyl sites for hydroxylation is 1. The highest BCUT2D eigenvalue weighted by Crippen LogP contribution is 2.38. The predicted molar refractivity (Wildman–Crippen MR) is 252 cm³/mol. The van der Waals surface area contributed by atoms with Crippen molar-refractivity contribution in [1.29, 1.82) is 0 Å². The lowest BCUT2D eigenvalue weighted by molar-refractivity contribution is -0.126. The zero-order valence-electron chi connectivity index (χ0n) is 39.3. The monoisotopic (exact) mass is 949 g/mol. The third-order valence-corrected chi connectivity index (χ3v) is 10.8. The molecule has 1 aromatic carbocycles. The summed E-state index contributed by atoms with van der Waals surface area (Å²) in [4.78, 5) is 93.7. The molecule has 0 atom stereocenters. The van der Waals surface area contributed by atoms with Crippen LogP contribution < -0.4 is 0 Å². The molecule has 5 fully saturated rings. The molecule has 1 spiro atoms. The van der Waals surface area contributed by atoms with Gasteiger partial charge < -0.3 is 33.6 Å². The number of aldehydes is 3. The van der Waals surface area contributed by atoms with Gasteiger partial charge in [-0.2, -0.15) is 0 Å². The number of carbonyl (C=O) groups excluding carboxylic acids is 9. The van der Waals surface area contributed by atoms with Crippen LogP contribution in [0.15, 0.2) is 30.3 Å². The van der Waals surface area contributed by atoms with Gasteiger partial charge in [0.05, 0.1) is 18.8 Å². The number of rotatable bonds is 10. The molecule has 358 valence electrons. The fraction of sp³-hybridized carbons (Fsp3) is 0.700. The first-order valence-electron chi connectivity index (χ1n) is 23.3. The van der Waals surface area contributed by atoms with Gasteiger partial charge in [-0.05, 0) is 69.8 Å². The number of Topliss-reactive ketones (excluding diaryl/α,β-unsaturated/α-hetero) is 5. The number of benzene rings is 1. The second kappa shape index (κ2) is 42.4. The van der Waals surface area contributed by atoms with Gasteiger partial charge >= 0.3 is 0 Å². The first kappa shape index (κ1) is 61.5. The van der Waals surface area contributed by atoms with E-state index in [1.807, 2.05) is 51.1 Å². The molecule has 0 N–H and O–H groups in total. The van der Waals surface area contributed by atoms with E-state index in [0.717, 1.165) is 96.1 Å². The minimum atomic E-state index is -0.111. The van der Waals surface area contributed by atoms with Crippen LogP contribution >= 0.6 is 15.9 Å². The molecule has 0 unspecified atom stereocenters. The number of hydrogen-bond donors (Lipinski definition) is 0. The van der Waals surface area contributed by atoms with Crippen LogP contribution in [-0.4, -0.2) is 96.0 Å². The normalized spacial score (nSPS) is 17.2. The van der Waals surface area contributed by atoms with Crippen LogP contribution in [0.5, 0.6) is 0 Å². The molecule has 2 aliphatic carbocycles. The molecule has 0 aromatic heterocycles. The third kappa shape index (κ3) is 39.8. The van der Waals surface area contributed by atoms with Gasteiger partial charge in [0.15, 0.2) is 0 Å². The Bertz CT molecular complexity index is 1350. The number of amides is 1. The first-order valence-corrected chi connectivity index (χ1v) is 24.0. The Hall–Kier alpha value is -3.55. The van der Waals surface area contributed by atoms with Crippen LogP contribution in [0.25, 0.3) is 0 Å². The van der Waals surface area contributed by atoms with E-state index in [1.165, 1.54) is 37.7 Å². The zero-order chi connectivity index (χ0) is 47.6. The zero-order valence-corrected chi connectivity index (χ0v) is 40.9. The van der Waals surface area contributed by atoms with Crippen molar-refractivity contribution in [2.45, 2.75) is 188 Å². The van der Waals surface area contributed by atoms with Crippen molar-refractivity contribution in [3.05, 3.63) is 35.9 Å². The van der Waals surface area contributed by atoms with Gasteiger partial charge in [-0.1, -0.05) is 77.3 Å². The quantitative estimate of drug-likeness (QED) is 0.0944. The highest BCUT2D eigenvalue weighted by molar-refractivity contribution is 9.18. The van der Waals surface area contributed by atoms with Crippen LogP contribution in [0.1, 0.15) is 181 Å². The highest BCUT2D eigenvalue weighted by Gasteiger charge is 2.38. The number of carbonyl (C=O) groups is 9. The SMILES string of the molecule is CC(C)CC=O.CCC(C)=O.CCCCCC=O.O=C1CCC2(CCCO2)CC1.O=C1CCCCC1.O=C1CCN(C(=O)Br)CC1.O=C1CCOCC1.O=CCCc1ccccc1. The van der Waals surface area contributed by atoms with Gasteiger partial charge in [0.25, 0.3) is 4.82 Å². The van der Waals surface area contributed by atoms with Gasteiger partial charge in [0.1, 0.15) is 47.8 Å². The number of piperidine rings is 1. The lowest BCUT2D eigenvalue weighted by Crippen LogP contribution is -2.35. The van der Waals surface area contributed by atoms with Crippen LogP contribution in [0.2, 0.25) is 0 Å². The van der Waals surface area contributed by atoms with Crippen LogP contribution in [-0.2, 0) is 54.3 Å². The Labute approximate surface area is 387 Å². The topological polar surface area (TPSA) is 175 Å². The lowest BCUT2D eigenvalue weighted by Gasteiger charge is -2.31. The van der Waals surface area contributed by atoms with Gasteiger partial charge in [-0.15, -0.1) is 0 Å². The van der Waals surface area contributed by atoms with Crippen molar-refractivity contribution in [3.8, 4) is 0 Å². The molecule has 0 bridgehead atoms. The molecule has 2 saturated carbocycles. The summed E-state index contributed by atoms with van der Waals surface area (Å²) in [5.41, 5.74) is 1.36. The average molecular weight is 951 g/mol. The summed E-state index contributed by atoms with van der Waals surface area (Å²) in [7, 11) is 0. The summed E-state index contributed by atoms with van der Waals surface area (Å²) in [5.74, 6) is 2.26. The van der Waals surface area contributed by atoms with E-state index in [4.69, 9.17) is 9.47 Å². The molecule has 3 saturated heterocycles. The average Bonchev–Trinajstić information content (AvgIpc) is 3.75. The maximum atomic E-state index is 10.9. The number of nitrogens with zero attached hydrogens (tertiary/aromatic N) is 1. The standard InChI is InChI=1S/C9H14O2.C9H10O.C6H8BrNO2.C6H10O.C6H12O.C5H8O2.C5H10O.C4H8O/c10-8-2-5-9(6-3-8)4-1-7-11-9;10-8-4-7-9-5-2-1-3-6-9;7-6(10)8-3-1-5(9)2-4-8;7-6-4-2-1-3-5-6;1-2-3-4-5-6-7;6-5-1-3-7-4-2-5;1-5(2)3-4-6;1-3-4(2)5/h1-7H2;1-3,5-6,8H,4,7H2;1-4H2;1-5H2;6H,2-5H2,1H3;1-4H2;4-5H,3H2,1-2H3;3H2,1-2H3. The number of hydrogen-bond acceptors (Lipinski definition) is 11. The summed E-state index contributed by atoms with van der Waals surface area (Å²) in [6.45, 7) is 12.9. The largest absolute Gasteiger partial charge is 0.381 e. The van der Waals surface area contributed by atoms with Crippen LogP contribution in [0.4, 0.5) is 4.79 Å². The van der Waals surface area contributed by atoms with Crippen molar-refractivity contribution in [2.24, 2.45) is 5.92 Å². The van der Waals surface area contributed by atoms with E-state index in [-0.39, 0.29) is 22.0 Å². The molecule has 3 heterocycles. The Kier molecular flexibility index (Phi) is 41.4. The second-order valence-electron chi connectivity index (χ2n) is 16.4. The molecule has 12 nitrogen and oxygen atoms in total. The van der Waals surface area contributed by atoms with E-state index in [0.29, 0.717) is 94.5 Å². The Morgan fingerprint density at radius 2 is 1.21 bits per heavy atom. The Balaban J connectivity index is 0. The Morgan fingerprint density at radius 3 is 1.57 bits per heavy atom. The first-order chi connectivity index (χ1) is 30.2. The summed E-state index contributed by atoms with van der Waals surface area (Å²) in [6, 6.07) is 10.0. The minimum absolute atomic E-state index is 0.111. The number of likely N-dealkylation sites (tertiary alicyclic amines) is 1. The molecule has 63 heavy (non-hydrogen) atoms. The van der Waals surface area contributed by atoms with E-state index in [1.54, 1.807) is 11.8 Å². The van der Waals surface area contributed by atoms with E-state index in [2.05, 4.69) is 22.9 Å². The van der Waals surface area contributed by atoms with Crippen molar-refractivity contribution in [1.82, 2.24) is 4.90 Å². The van der Waals surface area contributed by atoms with E-state index >= 15 is 0 Å². The van der Waals surface area contributed by atoms with Crippen molar-refractivity contribution in [2.75, 3.05) is 32.9 Å². The fourth-order valence-electron chi connectivity index (χ4n) is 6.15. The second-order valence-corrected chi connectivity index (χ2v) is 17.1. The summed E-state index contributed by atoms with van der Waals surface area (Å²) in [5, 5.41) is 0. The molecule has 3 aliphatic heterocycles. The molecule has 6 rings (SSSR count). The molecule has 13 heteroatoms. The molecular weight excluding hydrogens is 870 g/mol. The third-order valence-electron chi connectivity index (χ3n) is 10.3. The van der Waals surface area contributed by atoms with Crippen molar-refractivity contribution >= 4 is 68.5 Å². The molecule has 1 amide bonds. The Morgan fingerprint density at radius 1 is 0.683 bits per heavy atom. The lowest BCUT2D eigenvalue weighted by atomic mass is 9.82. The molecule has 0 radical (unpaired) electrons. The van der Waals surface area contributed by atoms with Gasteiger partial charge in [-0.3, -0.25) is 24.0 Å². The molecule has 1 aromatic rings. The summed E-state index contributed by atoms with van der Waals surface area (Å²) >= 11 is 2.83. The number of ketones is 5. The van der Waals surface area contributed by atoms with Crippen molar-refractivity contribution < 1.29 is 52.6 Å². The van der Waals surface area contributed by atoms with Crippen LogP contribution in [0.3, 0.4) is 0 Å². The molecule has 5 aliphatic rings. The predicted octanol–water partition coefficient (Wildman–Crippen LogP) is 10.5. The van der Waals surface area contributed by atoms with Crippen molar-refractivity contribution in [3.63, 3.8) is 0 Å². The minimum Gasteiger partial charge on any atom is -0.381 e. The summed E-state index contributed by atoms with van der Waals surface area (Å²) in [6.07, 6.45) is 23.3. The van der Waals surface area contributed by atoms with Gasteiger partial charge in [-0.25, -0.2) is 0 Å². The van der Waals surface area contributed by atoms with E-state index in [9.17, 15) is 43.2 Å². The number of unbranched alkanes of at least 4 members (excludes halogenated alkanes) is 3. The highest BCUT2D eigenvalue weighted by atomic mass is 79.9. The fourth-order valence-corrected chi connectivity index (χ4v) is 6.51. The number of halogens is 1. The molecular formula is C50H80BrNO11. The number of ether oxygens (including phenoxy) is 2. The van der Waals surface area contributed by atoms with Gasteiger partial charge in [0, 0.05) is 113 Å². The van der Waals surface area contributed by atoms with Gasteiger partial charge in [0.2, 0.25) is 0 Å². The van der Waals surface area contributed by atoms with Crippen LogP contribution in [0, 0.1) is 5.92 Å². The maximum absolute atomic E-state index is 10.9. The maximum Gasteiger partial charge on any atom is 0.289 e. The summed E-state index contributed by atoms with van der Waals surface area (Å²) < 4.78 is 10.6. The van der Waals surface area contributed by atoms with E-state index < -0.39 is 0 Å². The smallest absolute Gasteiger partial charge is 0.289 e.